The van der Waals surface area contributed by atoms with Gasteiger partial charge in [-0.25, -0.2) is 0 Å². The van der Waals surface area contributed by atoms with Gasteiger partial charge in [0.2, 0.25) is 0 Å². The van der Waals surface area contributed by atoms with Crippen molar-refractivity contribution in [1.82, 2.24) is 0 Å². The average Bonchev–Trinajstić information content (AvgIpc) is 2.56. The second-order valence-electron chi connectivity index (χ2n) is 2.79. The number of nitrogens with two attached hydrogens (primary N) is 1. The number of phenolic OH excluding ortho intramolecular Hbond substituents is 1. The molecule has 13 heavy (non-hydrogen) atoms. The summed E-state index contributed by atoms with van der Waals surface area (Å²) in [6, 6.07) is 6.80. The van der Waals surface area contributed by atoms with Crippen LogP contribution in [0.3, 0.4) is 0 Å². The van der Waals surface area contributed by atoms with E-state index in [9.17, 15) is 5.11 Å². The summed E-state index contributed by atoms with van der Waals surface area (Å²) in [5, 5.41) is 9.54. The van der Waals surface area contributed by atoms with Gasteiger partial charge in [0.05, 0.1) is 12.5 Å². The van der Waals surface area contributed by atoms with Crippen molar-refractivity contribution in [2.75, 3.05) is 5.73 Å². The normalized spacial score (nSPS) is 10.2. The van der Waals surface area contributed by atoms with E-state index in [0.29, 0.717) is 5.69 Å². The predicted octanol–water partition coefficient (Wildman–Crippen LogP) is 2.23. The highest BCUT2D eigenvalue weighted by Gasteiger charge is 2.04. The fraction of sp³-hybridized carbons (Fsp3) is 0. The number of nitrogen functional groups attached to an aromatic ring is 1. The molecule has 1 heterocycles. The molecule has 1 aromatic carbocycles. The van der Waals surface area contributed by atoms with E-state index in [1.807, 2.05) is 0 Å². The molecule has 3 nitrogen and oxygen atoms in total. The summed E-state index contributed by atoms with van der Waals surface area (Å²) >= 11 is 0. The summed E-state index contributed by atoms with van der Waals surface area (Å²) in [5.41, 5.74) is 7.61. The van der Waals surface area contributed by atoms with Crippen molar-refractivity contribution in [3.05, 3.63) is 36.8 Å². The van der Waals surface area contributed by atoms with Crippen LogP contribution >= 0.6 is 0 Å². The first kappa shape index (κ1) is 7.73. The van der Waals surface area contributed by atoms with Crippen LogP contribution in [0.4, 0.5) is 5.69 Å². The maximum absolute atomic E-state index is 9.54. The number of hydrogen-bond acceptors (Lipinski definition) is 3. The second-order valence-corrected chi connectivity index (χ2v) is 2.79. The van der Waals surface area contributed by atoms with Gasteiger partial charge >= 0.3 is 0 Å². The molecule has 0 atom stereocenters. The highest BCUT2D eigenvalue weighted by molar-refractivity contribution is 5.71. The Hall–Kier alpha value is -1.90. The van der Waals surface area contributed by atoms with E-state index in [0.717, 1.165) is 11.1 Å². The third-order valence-electron chi connectivity index (χ3n) is 1.85. The minimum atomic E-state index is 0.168. The topological polar surface area (TPSA) is 59.4 Å². The van der Waals surface area contributed by atoms with Crippen molar-refractivity contribution in [1.29, 1.82) is 0 Å². The quantitative estimate of drug-likeness (QED) is 0.653. The van der Waals surface area contributed by atoms with E-state index in [-0.39, 0.29) is 5.75 Å². The lowest BCUT2D eigenvalue weighted by Crippen LogP contribution is -1.84. The van der Waals surface area contributed by atoms with Crippen LogP contribution in [0.1, 0.15) is 0 Å². The van der Waals surface area contributed by atoms with Gasteiger partial charge < -0.3 is 15.3 Å². The molecule has 0 unspecified atom stereocenters. The molecule has 0 fully saturated rings. The standard InChI is InChI=1S/C10H9NO2/c11-8-1-2-9(10(12)5-8)7-3-4-13-6-7/h1-6,12H,11H2. The van der Waals surface area contributed by atoms with Gasteiger partial charge in [-0.15, -0.1) is 0 Å². The lowest BCUT2D eigenvalue weighted by atomic mass is 10.1. The van der Waals surface area contributed by atoms with Crippen molar-refractivity contribution in [3.8, 4) is 16.9 Å². The Kier molecular flexibility index (Phi) is 1.70. The number of rotatable bonds is 1. The zero-order chi connectivity index (χ0) is 9.26. The van der Waals surface area contributed by atoms with Crippen LogP contribution in [0.15, 0.2) is 41.2 Å². The molecular formula is C10H9NO2. The van der Waals surface area contributed by atoms with Crippen LogP contribution in [0.5, 0.6) is 5.75 Å². The first-order valence-electron chi connectivity index (χ1n) is 3.88. The molecule has 0 saturated heterocycles. The first-order chi connectivity index (χ1) is 6.27. The highest BCUT2D eigenvalue weighted by Crippen LogP contribution is 2.30. The molecule has 0 aliphatic rings. The van der Waals surface area contributed by atoms with Crippen molar-refractivity contribution in [2.24, 2.45) is 0 Å². The summed E-state index contributed by atoms with van der Waals surface area (Å²) < 4.78 is 4.91. The maximum Gasteiger partial charge on any atom is 0.125 e. The molecule has 3 N–H and O–H groups in total. The Balaban J connectivity index is 2.53. The number of anilines is 1. The zero-order valence-electron chi connectivity index (χ0n) is 6.90. The van der Waals surface area contributed by atoms with Gasteiger partial charge in [0, 0.05) is 22.9 Å². The molecule has 0 aliphatic carbocycles. The molecule has 2 rings (SSSR count). The molecular weight excluding hydrogens is 166 g/mol. The monoisotopic (exact) mass is 175 g/mol. The minimum Gasteiger partial charge on any atom is -0.507 e. The Bertz CT molecular complexity index is 407. The van der Waals surface area contributed by atoms with E-state index in [1.54, 1.807) is 30.7 Å². The number of hydrogen-bond donors (Lipinski definition) is 2. The summed E-state index contributed by atoms with van der Waals surface area (Å²) in [6.07, 6.45) is 3.14. The summed E-state index contributed by atoms with van der Waals surface area (Å²) in [7, 11) is 0. The smallest absolute Gasteiger partial charge is 0.125 e. The fourth-order valence-corrected chi connectivity index (χ4v) is 1.21. The van der Waals surface area contributed by atoms with Gasteiger partial charge in [-0.05, 0) is 18.2 Å². The molecule has 0 radical (unpaired) electrons. The molecule has 0 aliphatic heterocycles. The van der Waals surface area contributed by atoms with Crippen LogP contribution in [0.2, 0.25) is 0 Å². The lowest BCUT2D eigenvalue weighted by Gasteiger charge is -2.01. The Morgan fingerprint density at radius 1 is 1.23 bits per heavy atom. The number of aromatic hydroxyl groups is 1. The second kappa shape index (κ2) is 2.86. The van der Waals surface area contributed by atoms with Crippen molar-refractivity contribution in [3.63, 3.8) is 0 Å². The van der Waals surface area contributed by atoms with Gasteiger partial charge in [0.1, 0.15) is 5.75 Å². The molecule has 3 heteroatoms. The van der Waals surface area contributed by atoms with Crippen molar-refractivity contribution in [2.45, 2.75) is 0 Å². The van der Waals surface area contributed by atoms with Crippen LogP contribution in [-0.4, -0.2) is 5.11 Å². The molecule has 0 bridgehead atoms. The number of benzene rings is 1. The van der Waals surface area contributed by atoms with Gasteiger partial charge in [0.25, 0.3) is 0 Å². The summed E-state index contributed by atoms with van der Waals surface area (Å²) in [4.78, 5) is 0. The van der Waals surface area contributed by atoms with E-state index >= 15 is 0 Å². The van der Waals surface area contributed by atoms with Crippen LogP contribution in [0, 0.1) is 0 Å². The van der Waals surface area contributed by atoms with Crippen LogP contribution in [0.25, 0.3) is 11.1 Å². The molecule has 1 aromatic heterocycles. The largest absolute Gasteiger partial charge is 0.507 e. The number of phenols is 1. The summed E-state index contributed by atoms with van der Waals surface area (Å²) in [5.74, 6) is 0.168. The maximum atomic E-state index is 9.54. The SMILES string of the molecule is Nc1ccc(-c2ccoc2)c(O)c1. The van der Waals surface area contributed by atoms with E-state index in [4.69, 9.17) is 10.2 Å². The van der Waals surface area contributed by atoms with Gasteiger partial charge in [0.15, 0.2) is 0 Å². The highest BCUT2D eigenvalue weighted by atomic mass is 16.3. The summed E-state index contributed by atoms with van der Waals surface area (Å²) in [6.45, 7) is 0. The minimum absolute atomic E-state index is 0.168. The van der Waals surface area contributed by atoms with Gasteiger partial charge in [-0.1, -0.05) is 0 Å². The zero-order valence-corrected chi connectivity index (χ0v) is 6.90. The number of furan rings is 1. The van der Waals surface area contributed by atoms with E-state index in [1.165, 1.54) is 6.07 Å². The van der Waals surface area contributed by atoms with Crippen molar-refractivity contribution < 1.29 is 9.52 Å². The average molecular weight is 175 g/mol. The first-order valence-corrected chi connectivity index (χ1v) is 3.88. The third-order valence-corrected chi connectivity index (χ3v) is 1.85. The molecule has 2 aromatic rings. The van der Waals surface area contributed by atoms with Gasteiger partial charge in [-0.2, -0.15) is 0 Å². The molecule has 0 spiro atoms. The van der Waals surface area contributed by atoms with Crippen molar-refractivity contribution >= 4 is 5.69 Å². The molecule has 0 amide bonds. The van der Waals surface area contributed by atoms with Crippen LogP contribution in [-0.2, 0) is 0 Å². The van der Waals surface area contributed by atoms with Gasteiger partial charge in [-0.3, -0.25) is 0 Å². The fourth-order valence-electron chi connectivity index (χ4n) is 1.21. The predicted molar refractivity (Wildman–Crippen MR) is 50.2 cm³/mol. The molecule has 66 valence electrons. The molecule has 0 saturated carbocycles. The Morgan fingerprint density at radius 2 is 2.08 bits per heavy atom. The van der Waals surface area contributed by atoms with E-state index in [2.05, 4.69) is 0 Å². The lowest BCUT2D eigenvalue weighted by molar-refractivity contribution is 0.477. The Labute approximate surface area is 75.4 Å². The third kappa shape index (κ3) is 1.36. The van der Waals surface area contributed by atoms with Crippen LogP contribution < -0.4 is 5.73 Å². The van der Waals surface area contributed by atoms with E-state index < -0.39 is 0 Å². The Morgan fingerprint density at radius 3 is 2.69 bits per heavy atom.